The van der Waals surface area contributed by atoms with Crippen molar-refractivity contribution in [3.63, 3.8) is 0 Å². The predicted molar refractivity (Wildman–Crippen MR) is 158 cm³/mol. The first kappa shape index (κ1) is 27.5. The Morgan fingerprint density at radius 3 is 2.52 bits per heavy atom. The Kier molecular flexibility index (Phi) is 8.86. The number of nitrogens with zero attached hydrogens (tertiary/aromatic N) is 3. The highest BCUT2D eigenvalue weighted by molar-refractivity contribution is 7.99. The van der Waals surface area contributed by atoms with Gasteiger partial charge in [0.2, 0.25) is 11.1 Å². The van der Waals surface area contributed by atoms with Crippen LogP contribution in [-0.4, -0.2) is 26.5 Å². The predicted octanol–water partition coefficient (Wildman–Crippen LogP) is 7.09. The number of rotatable bonds is 11. The summed E-state index contributed by atoms with van der Waals surface area (Å²) in [7, 11) is 0. The zero-order valence-electron chi connectivity index (χ0n) is 23.1. The summed E-state index contributed by atoms with van der Waals surface area (Å²) in [5.74, 6) is 1.86. The Bertz CT molecular complexity index is 1480. The van der Waals surface area contributed by atoms with Gasteiger partial charge in [0, 0.05) is 11.4 Å². The fraction of sp³-hybridized carbons (Fsp3) is 0.281. The number of nitrogens with one attached hydrogen (secondary N) is 1. The fourth-order valence-corrected chi connectivity index (χ4v) is 5.41. The molecule has 1 aliphatic heterocycles. The van der Waals surface area contributed by atoms with E-state index < -0.39 is 12.0 Å². The lowest BCUT2D eigenvalue weighted by atomic mass is 9.95. The van der Waals surface area contributed by atoms with Crippen molar-refractivity contribution in [2.75, 3.05) is 11.1 Å². The molecule has 7 nitrogen and oxygen atoms in total. The molecule has 0 amide bonds. The maximum absolute atomic E-state index is 13.6. The molecule has 4 aromatic rings. The van der Waals surface area contributed by atoms with Crippen LogP contribution in [0, 0.1) is 6.92 Å². The number of esters is 1. The van der Waals surface area contributed by atoms with Crippen LogP contribution in [-0.2, 0) is 22.7 Å². The van der Waals surface area contributed by atoms with Gasteiger partial charge in [0.05, 0.1) is 5.57 Å². The van der Waals surface area contributed by atoms with Crippen LogP contribution in [0.25, 0.3) is 0 Å². The van der Waals surface area contributed by atoms with Gasteiger partial charge in [0.15, 0.2) is 0 Å². The van der Waals surface area contributed by atoms with E-state index in [0.29, 0.717) is 34.7 Å². The van der Waals surface area contributed by atoms with E-state index in [9.17, 15) is 4.79 Å². The minimum absolute atomic E-state index is 0.186. The molecule has 0 bridgehead atoms. The highest BCUT2D eigenvalue weighted by Gasteiger charge is 2.35. The second-order valence-electron chi connectivity index (χ2n) is 9.84. The Morgan fingerprint density at radius 1 is 0.975 bits per heavy atom. The van der Waals surface area contributed by atoms with E-state index >= 15 is 0 Å². The number of aromatic nitrogens is 3. The number of carbonyl (C=O) groups excluding carboxylic acids is 1. The number of ether oxygens (including phenoxy) is 2. The van der Waals surface area contributed by atoms with E-state index in [2.05, 4.69) is 43.4 Å². The summed E-state index contributed by atoms with van der Waals surface area (Å²) in [5, 5.41) is 8.79. The van der Waals surface area contributed by atoms with E-state index in [1.165, 1.54) is 5.56 Å². The molecule has 0 aliphatic carbocycles. The van der Waals surface area contributed by atoms with Gasteiger partial charge in [-0.2, -0.15) is 4.98 Å². The van der Waals surface area contributed by atoms with Gasteiger partial charge >= 0.3 is 5.97 Å². The number of anilines is 1. The number of carbonyl (C=O) groups is 1. The van der Waals surface area contributed by atoms with Gasteiger partial charge in [-0.25, -0.2) is 9.48 Å². The summed E-state index contributed by atoms with van der Waals surface area (Å²) < 4.78 is 13.7. The summed E-state index contributed by atoms with van der Waals surface area (Å²) in [6.45, 7) is 6.75. The molecular weight excluding hydrogens is 520 g/mol. The maximum atomic E-state index is 13.6. The largest absolute Gasteiger partial charge is 0.489 e. The minimum atomic E-state index is -0.518. The third-order valence-corrected chi connectivity index (χ3v) is 7.62. The van der Waals surface area contributed by atoms with E-state index in [1.54, 1.807) is 16.4 Å². The van der Waals surface area contributed by atoms with Crippen molar-refractivity contribution in [2.45, 2.75) is 58.0 Å². The third kappa shape index (κ3) is 6.57. The van der Waals surface area contributed by atoms with E-state index in [-0.39, 0.29) is 6.61 Å². The molecule has 0 fully saturated rings. The van der Waals surface area contributed by atoms with E-state index in [4.69, 9.17) is 19.6 Å². The van der Waals surface area contributed by atoms with Crippen molar-refractivity contribution in [3.05, 3.63) is 112 Å². The molecule has 1 N–H and O–H groups in total. The van der Waals surface area contributed by atoms with Crippen molar-refractivity contribution in [1.82, 2.24) is 14.8 Å². The second kappa shape index (κ2) is 12.9. The number of thioether (sulfide) groups is 1. The van der Waals surface area contributed by atoms with Crippen LogP contribution in [0.15, 0.2) is 95.3 Å². The van der Waals surface area contributed by atoms with Gasteiger partial charge in [0.25, 0.3) is 0 Å². The summed E-state index contributed by atoms with van der Waals surface area (Å²) in [6, 6.07) is 25.3. The van der Waals surface area contributed by atoms with E-state index in [0.717, 1.165) is 35.3 Å². The van der Waals surface area contributed by atoms with Crippen molar-refractivity contribution in [2.24, 2.45) is 0 Å². The van der Waals surface area contributed by atoms with Crippen LogP contribution >= 0.6 is 11.8 Å². The number of aryl methyl sites for hydroxylation is 1. The first-order valence-corrected chi connectivity index (χ1v) is 14.6. The summed E-state index contributed by atoms with van der Waals surface area (Å²) in [4.78, 5) is 18.3. The van der Waals surface area contributed by atoms with Crippen LogP contribution in [0.5, 0.6) is 5.75 Å². The topological polar surface area (TPSA) is 78.3 Å². The zero-order valence-corrected chi connectivity index (χ0v) is 23.9. The summed E-state index contributed by atoms with van der Waals surface area (Å²) in [6.07, 6.45) is 2.19. The van der Waals surface area contributed by atoms with Gasteiger partial charge in [-0.1, -0.05) is 97.4 Å². The number of hydrogen-bond donors (Lipinski definition) is 1. The molecule has 1 aromatic heterocycles. The molecule has 3 aromatic carbocycles. The molecular formula is C32H34N4O3S. The molecule has 40 heavy (non-hydrogen) atoms. The molecule has 2 heterocycles. The Labute approximate surface area is 239 Å². The Hall–Kier alpha value is -4.04. The average Bonchev–Trinajstić information content (AvgIpc) is 3.38. The first-order chi connectivity index (χ1) is 19.5. The molecule has 0 saturated carbocycles. The number of fused-ring (bicyclic) bond motifs is 1. The molecule has 0 radical (unpaired) electrons. The van der Waals surface area contributed by atoms with Crippen molar-refractivity contribution >= 4 is 23.7 Å². The average molecular weight is 555 g/mol. The second-order valence-corrected chi connectivity index (χ2v) is 10.9. The molecule has 0 saturated heterocycles. The normalized spacial score (nSPS) is 14.4. The van der Waals surface area contributed by atoms with Gasteiger partial charge in [0.1, 0.15) is 25.0 Å². The number of hydrogen-bond acceptors (Lipinski definition) is 7. The highest BCUT2D eigenvalue weighted by Crippen LogP contribution is 2.38. The highest BCUT2D eigenvalue weighted by atomic mass is 32.2. The standard InChI is InChI=1S/C32H34N4O3S/c1-4-5-18-40-32-34-31-33-23(3)28(30(37)39-21-24-10-7-6-8-11-24)29(36(31)35-32)26-12-9-13-27(19-26)38-20-25-16-14-22(2)15-17-25/h6-17,19,29H,4-5,18,20-21H2,1-3H3,(H,33,34,35). The maximum Gasteiger partial charge on any atom is 0.338 e. The van der Waals surface area contributed by atoms with Crippen molar-refractivity contribution in [3.8, 4) is 5.75 Å². The minimum Gasteiger partial charge on any atom is -0.489 e. The first-order valence-electron chi connectivity index (χ1n) is 13.6. The van der Waals surface area contributed by atoms with Crippen LogP contribution in [0.4, 0.5) is 5.95 Å². The van der Waals surface area contributed by atoms with Crippen LogP contribution in [0.1, 0.15) is 55.0 Å². The molecule has 1 atom stereocenters. The lowest BCUT2D eigenvalue weighted by molar-refractivity contribution is -0.140. The van der Waals surface area contributed by atoms with Crippen LogP contribution < -0.4 is 10.1 Å². The van der Waals surface area contributed by atoms with Crippen molar-refractivity contribution in [1.29, 1.82) is 0 Å². The van der Waals surface area contributed by atoms with Crippen LogP contribution in [0.3, 0.4) is 0 Å². The lowest BCUT2D eigenvalue weighted by Gasteiger charge is -2.28. The lowest BCUT2D eigenvalue weighted by Crippen LogP contribution is -2.29. The molecule has 206 valence electrons. The monoisotopic (exact) mass is 554 g/mol. The van der Waals surface area contributed by atoms with Crippen LogP contribution in [0.2, 0.25) is 0 Å². The number of unbranched alkanes of at least 4 members (excludes halogenated alkanes) is 1. The van der Waals surface area contributed by atoms with Gasteiger partial charge in [-0.15, -0.1) is 5.10 Å². The van der Waals surface area contributed by atoms with Gasteiger partial charge < -0.3 is 14.8 Å². The van der Waals surface area contributed by atoms with Crippen molar-refractivity contribution < 1.29 is 14.3 Å². The summed E-state index contributed by atoms with van der Waals surface area (Å²) >= 11 is 1.62. The third-order valence-electron chi connectivity index (χ3n) is 6.69. The Balaban J connectivity index is 1.44. The van der Waals surface area contributed by atoms with E-state index in [1.807, 2.05) is 61.5 Å². The zero-order chi connectivity index (χ0) is 27.9. The number of benzene rings is 3. The molecule has 8 heteroatoms. The summed E-state index contributed by atoms with van der Waals surface area (Å²) in [5.41, 5.74) is 5.28. The molecule has 1 aliphatic rings. The van der Waals surface area contributed by atoms with Gasteiger partial charge in [-0.3, -0.25) is 0 Å². The molecule has 0 spiro atoms. The molecule has 1 unspecified atom stereocenters. The SMILES string of the molecule is CCCCSc1nc2n(n1)C(c1cccc(OCc3ccc(C)cc3)c1)C(C(=O)OCc1ccccc1)=C(C)N2. The molecule has 5 rings (SSSR count). The quantitative estimate of drug-likeness (QED) is 0.120. The fourth-order valence-electron chi connectivity index (χ4n) is 4.50. The Morgan fingerprint density at radius 2 is 1.75 bits per heavy atom. The number of allylic oxidation sites excluding steroid dienone is 1. The van der Waals surface area contributed by atoms with Gasteiger partial charge in [-0.05, 0) is 49.1 Å². The smallest absolute Gasteiger partial charge is 0.338 e.